The molecule has 0 aliphatic rings. The third-order valence-corrected chi connectivity index (χ3v) is 2.60. The van der Waals surface area contributed by atoms with Crippen LogP contribution < -0.4 is 10.1 Å². The lowest BCUT2D eigenvalue weighted by Crippen LogP contribution is -2.35. The maximum absolute atomic E-state index is 6.06. The van der Waals surface area contributed by atoms with E-state index in [1.54, 1.807) is 7.11 Å². The maximum Gasteiger partial charge on any atom is 0.137 e. The van der Waals surface area contributed by atoms with Crippen LogP contribution in [0.5, 0.6) is 5.75 Å². The number of ether oxygens (including phenoxy) is 2. The fraction of sp³-hybridized carbons (Fsp3) is 0.500. The number of hydrogen-bond donors (Lipinski definition) is 1. The standard InChI is InChI=1S/C12H18ClNO2/c1-9-4-5-12(11(13)6-9)16-8-10(14-2)7-15-3/h4-6,10,14H,7-8H2,1-3H3. The van der Waals surface area contributed by atoms with Crippen LogP contribution in [0, 0.1) is 6.92 Å². The zero-order valence-corrected chi connectivity index (χ0v) is 10.7. The van der Waals surface area contributed by atoms with Crippen LogP contribution in [-0.4, -0.2) is 33.4 Å². The number of benzene rings is 1. The highest BCUT2D eigenvalue weighted by Crippen LogP contribution is 2.25. The topological polar surface area (TPSA) is 30.5 Å². The minimum Gasteiger partial charge on any atom is -0.490 e. The van der Waals surface area contributed by atoms with Gasteiger partial charge in [-0.2, -0.15) is 0 Å². The summed E-state index contributed by atoms with van der Waals surface area (Å²) < 4.78 is 10.7. The van der Waals surface area contributed by atoms with Gasteiger partial charge in [-0.3, -0.25) is 0 Å². The molecule has 1 unspecified atom stereocenters. The Balaban J connectivity index is 2.53. The van der Waals surface area contributed by atoms with E-state index >= 15 is 0 Å². The van der Waals surface area contributed by atoms with E-state index in [0.29, 0.717) is 24.0 Å². The van der Waals surface area contributed by atoms with E-state index in [0.717, 1.165) is 5.56 Å². The van der Waals surface area contributed by atoms with Gasteiger partial charge in [0.2, 0.25) is 0 Å². The number of likely N-dealkylation sites (N-methyl/N-ethyl adjacent to an activating group) is 1. The second-order valence-electron chi connectivity index (χ2n) is 3.69. The predicted octanol–water partition coefficient (Wildman–Crippen LogP) is 2.26. The Kier molecular flexibility index (Phi) is 5.60. The van der Waals surface area contributed by atoms with Crippen molar-refractivity contribution < 1.29 is 9.47 Å². The summed E-state index contributed by atoms with van der Waals surface area (Å²) in [5.41, 5.74) is 1.12. The molecular formula is C12H18ClNO2. The Morgan fingerprint density at radius 1 is 1.38 bits per heavy atom. The first-order chi connectivity index (χ1) is 7.67. The summed E-state index contributed by atoms with van der Waals surface area (Å²) in [5, 5.41) is 3.76. The highest BCUT2D eigenvalue weighted by molar-refractivity contribution is 6.32. The van der Waals surface area contributed by atoms with Crippen LogP contribution in [0.15, 0.2) is 18.2 Å². The van der Waals surface area contributed by atoms with Gasteiger partial charge in [-0.05, 0) is 31.7 Å². The van der Waals surface area contributed by atoms with E-state index in [-0.39, 0.29) is 6.04 Å². The molecule has 3 nitrogen and oxygen atoms in total. The smallest absolute Gasteiger partial charge is 0.137 e. The van der Waals surface area contributed by atoms with Crippen molar-refractivity contribution in [3.8, 4) is 5.75 Å². The molecule has 0 aliphatic carbocycles. The molecule has 90 valence electrons. The number of aryl methyl sites for hydroxylation is 1. The van der Waals surface area contributed by atoms with Gasteiger partial charge in [-0.1, -0.05) is 17.7 Å². The Morgan fingerprint density at radius 3 is 2.69 bits per heavy atom. The lowest BCUT2D eigenvalue weighted by Gasteiger charge is -2.16. The fourth-order valence-corrected chi connectivity index (χ4v) is 1.62. The predicted molar refractivity (Wildman–Crippen MR) is 66.4 cm³/mol. The molecule has 1 rings (SSSR count). The lowest BCUT2D eigenvalue weighted by atomic mass is 10.2. The first-order valence-electron chi connectivity index (χ1n) is 5.22. The Labute approximate surface area is 102 Å². The van der Waals surface area contributed by atoms with Crippen LogP contribution in [0.2, 0.25) is 5.02 Å². The third-order valence-electron chi connectivity index (χ3n) is 2.30. The SMILES string of the molecule is CNC(COC)COc1ccc(C)cc1Cl. The molecule has 1 N–H and O–H groups in total. The number of methoxy groups -OCH3 is 1. The first-order valence-corrected chi connectivity index (χ1v) is 5.60. The molecule has 0 saturated carbocycles. The zero-order valence-electron chi connectivity index (χ0n) is 9.92. The van der Waals surface area contributed by atoms with Crippen molar-refractivity contribution in [1.29, 1.82) is 0 Å². The summed E-state index contributed by atoms with van der Waals surface area (Å²) in [6.45, 7) is 3.14. The highest BCUT2D eigenvalue weighted by atomic mass is 35.5. The number of rotatable bonds is 6. The molecule has 0 aliphatic heterocycles. The molecule has 0 aromatic heterocycles. The second kappa shape index (κ2) is 6.74. The van der Waals surface area contributed by atoms with E-state index in [1.165, 1.54) is 0 Å². The van der Waals surface area contributed by atoms with Crippen LogP contribution in [0.3, 0.4) is 0 Å². The van der Waals surface area contributed by atoms with Crippen molar-refractivity contribution in [2.45, 2.75) is 13.0 Å². The third kappa shape index (κ3) is 4.00. The van der Waals surface area contributed by atoms with Gasteiger partial charge in [0.1, 0.15) is 12.4 Å². The summed E-state index contributed by atoms with van der Waals surface area (Å²) in [7, 11) is 3.55. The highest BCUT2D eigenvalue weighted by Gasteiger charge is 2.08. The number of halogens is 1. The van der Waals surface area contributed by atoms with Crippen molar-refractivity contribution in [3.05, 3.63) is 28.8 Å². The van der Waals surface area contributed by atoms with Crippen LogP contribution >= 0.6 is 11.6 Å². The second-order valence-corrected chi connectivity index (χ2v) is 4.09. The molecule has 16 heavy (non-hydrogen) atoms. The molecule has 4 heteroatoms. The molecule has 0 radical (unpaired) electrons. The summed E-state index contributed by atoms with van der Waals surface area (Å²) >= 11 is 6.06. The normalized spacial score (nSPS) is 12.5. The number of nitrogens with one attached hydrogen (secondary N) is 1. The largest absolute Gasteiger partial charge is 0.490 e. The molecular weight excluding hydrogens is 226 g/mol. The summed E-state index contributed by atoms with van der Waals surface area (Å²) in [4.78, 5) is 0. The molecule has 0 heterocycles. The van der Waals surface area contributed by atoms with Gasteiger partial charge in [0.25, 0.3) is 0 Å². The van der Waals surface area contributed by atoms with Gasteiger partial charge in [0, 0.05) is 7.11 Å². The molecule has 0 spiro atoms. The first kappa shape index (κ1) is 13.3. The maximum atomic E-state index is 6.06. The van der Waals surface area contributed by atoms with Crippen molar-refractivity contribution >= 4 is 11.6 Å². The van der Waals surface area contributed by atoms with Crippen molar-refractivity contribution in [2.24, 2.45) is 0 Å². The van der Waals surface area contributed by atoms with Crippen molar-refractivity contribution in [1.82, 2.24) is 5.32 Å². The van der Waals surface area contributed by atoms with Gasteiger partial charge < -0.3 is 14.8 Å². The summed E-state index contributed by atoms with van der Waals surface area (Å²) in [6, 6.07) is 5.92. The van der Waals surface area contributed by atoms with E-state index in [1.807, 2.05) is 32.2 Å². The fourth-order valence-electron chi connectivity index (χ4n) is 1.33. The molecule has 1 atom stereocenters. The molecule has 0 amide bonds. The monoisotopic (exact) mass is 243 g/mol. The minimum absolute atomic E-state index is 0.169. The van der Waals surface area contributed by atoms with Gasteiger partial charge in [0.15, 0.2) is 0 Å². The molecule has 0 bridgehead atoms. The quantitative estimate of drug-likeness (QED) is 0.832. The van der Waals surface area contributed by atoms with E-state index in [9.17, 15) is 0 Å². The summed E-state index contributed by atoms with van der Waals surface area (Å²) in [6.07, 6.45) is 0. The van der Waals surface area contributed by atoms with Crippen LogP contribution in [0.1, 0.15) is 5.56 Å². The van der Waals surface area contributed by atoms with E-state index in [2.05, 4.69) is 5.32 Å². The van der Waals surface area contributed by atoms with Crippen LogP contribution in [0.4, 0.5) is 0 Å². The van der Waals surface area contributed by atoms with E-state index < -0.39 is 0 Å². The lowest BCUT2D eigenvalue weighted by molar-refractivity contribution is 0.140. The Bertz CT molecular complexity index is 331. The summed E-state index contributed by atoms with van der Waals surface area (Å²) in [5.74, 6) is 0.712. The Hall–Kier alpha value is -0.770. The number of hydrogen-bond acceptors (Lipinski definition) is 3. The van der Waals surface area contributed by atoms with Crippen LogP contribution in [0.25, 0.3) is 0 Å². The van der Waals surface area contributed by atoms with E-state index in [4.69, 9.17) is 21.1 Å². The van der Waals surface area contributed by atoms with Crippen molar-refractivity contribution in [2.75, 3.05) is 27.4 Å². The average molecular weight is 244 g/mol. The van der Waals surface area contributed by atoms with Gasteiger partial charge in [0.05, 0.1) is 17.7 Å². The van der Waals surface area contributed by atoms with Gasteiger partial charge in [-0.25, -0.2) is 0 Å². The molecule has 1 aromatic rings. The molecule has 0 saturated heterocycles. The molecule has 0 fully saturated rings. The Morgan fingerprint density at radius 2 is 2.12 bits per heavy atom. The average Bonchev–Trinajstić information content (AvgIpc) is 2.26. The van der Waals surface area contributed by atoms with Gasteiger partial charge >= 0.3 is 0 Å². The van der Waals surface area contributed by atoms with Gasteiger partial charge in [-0.15, -0.1) is 0 Å². The minimum atomic E-state index is 0.169. The zero-order chi connectivity index (χ0) is 12.0. The van der Waals surface area contributed by atoms with Crippen molar-refractivity contribution in [3.63, 3.8) is 0 Å². The molecule has 1 aromatic carbocycles. The van der Waals surface area contributed by atoms with Crippen LogP contribution in [-0.2, 0) is 4.74 Å².